The molecule has 0 radical (unpaired) electrons. The highest BCUT2D eigenvalue weighted by atomic mass is 16.4. The SMILES string of the molecule is O=C(O)C1CCCN(C(=O)NC2CC(c3ccccc3)C2)C1. The van der Waals surface area contributed by atoms with Gasteiger partial charge in [-0.15, -0.1) is 0 Å². The number of carboxylic acids is 1. The van der Waals surface area contributed by atoms with E-state index in [1.54, 1.807) is 4.90 Å². The second kappa shape index (κ2) is 6.38. The third-order valence-corrected chi connectivity index (χ3v) is 4.79. The van der Waals surface area contributed by atoms with Crippen molar-refractivity contribution >= 4 is 12.0 Å². The average molecular weight is 302 g/mol. The number of nitrogens with zero attached hydrogens (tertiary/aromatic N) is 1. The molecule has 1 saturated heterocycles. The Labute approximate surface area is 130 Å². The lowest BCUT2D eigenvalue weighted by Crippen LogP contribution is -2.52. The number of amides is 2. The maximum atomic E-state index is 12.2. The summed E-state index contributed by atoms with van der Waals surface area (Å²) in [6.45, 7) is 0.987. The Kier molecular flexibility index (Phi) is 4.32. The molecule has 0 bridgehead atoms. The van der Waals surface area contributed by atoms with Crippen molar-refractivity contribution in [1.82, 2.24) is 10.2 Å². The quantitative estimate of drug-likeness (QED) is 0.901. The molecule has 1 aromatic carbocycles. The normalized spacial score (nSPS) is 27.8. The van der Waals surface area contributed by atoms with Crippen LogP contribution in [0.4, 0.5) is 4.79 Å². The molecule has 1 aliphatic carbocycles. The van der Waals surface area contributed by atoms with E-state index >= 15 is 0 Å². The first-order valence-electron chi connectivity index (χ1n) is 7.96. The molecule has 2 fully saturated rings. The lowest BCUT2D eigenvalue weighted by molar-refractivity contribution is -0.143. The van der Waals surface area contributed by atoms with Gasteiger partial charge in [-0.05, 0) is 37.2 Å². The summed E-state index contributed by atoms with van der Waals surface area (Å²) in [5.41, 5.74) is 1.33. The van der Waals surface area contributed by atoms with Crippen LogP contribution in [0.1, 0.15) is 37.2 Å². The van der Waals surface area contributed by atoms with Crippen molar-refractivity contribution in [1.29, 1.82) is 0 Å². The molecule has 2 N–H and O–H groups in total. The van der Waals surface area contributed by atoms with E-state index in [4.69, 9.17) is 5.11 Å². The fourth-order valence-corrected chi connectivity index (χ4v) is 3.36. The molecular weight excluding hydrogens is 280 g/mol. The zero-order valence-corrected chi connectivity index (χ0v) is 12.6. The minimum atomic E-state index is -0.801. The predicted molar refractivity (Wildman–Crippen MR) is 82.7 cm³/mol. The molecule has 118 valence electrons. The van der Waals surface area contributed by atoms with Gasteiger partial charge < -0.3 is 15.3 Å². The highest BCUT2D eigenvalue weighted by Gasteiger charge is 2.34. The second-order valence-corrected chi connectivity index (χ2v) is 6.35. The van der Waals surface area contributed by atoms with Crippen molar-refractivity contribution in [2.45, 2.75) is 37.6 Å². The van der Waals surface area contributed by atoms with Gasteiger partial charge in [0, 0.05) is 19.1 Å². The van der Waals surface area contributed by atoms with Gasteiger partial charge in [0.25, 0.3) is 0 Å². The van der Waals surface area contributed by atoms with Crippen LogP contribution in [-0.4, -0.2) is 41.1 Å². The Bertz CT molecular complexity index is 540. The van der Waals surface area contributed by atoms with Gasteiger partial charge in [-0.2, -0.15) is 0 Å². The molecule has 1 unspecified atom stereocenters. The lowest BCUT2D eigenvalue weighted by Gasteiger charge is -2.38. The van der Waals surface area contributed by atoms with Crippen molar-refractivity contribution in [2.24, 2.45) is 5.92 Å². The molecular formula is C17H22N2O3. The van der Waals surface area contributed by atoms with Crippen LogP contribution >= 0.6 is 0 Å². The number of likely N-dealkylation sites (tertiary alicyclic amines) is 1. The number of nitrogens with one attached hydrogen (secondary N) is 1. The minimum absolute atomic E-state index is 0.109. The van der Waals surface area contributed by atoms with Crippen LogP contribution in [0, 0.1) is 5.92 Å². The van der Waals surface area contributed by atoms with E-state index in [1.807, 2.05) is 18.2 Å². The molecule has 2 amide bonds. The number of carbonyl (C=O) groups excluding carboxylic acids is 1. The number of carboxylic acid groups (broad SMARTS) is 1. The highest BCUT2D eigenvalue weighted by molar-refractivity contribution is 5.77. The minimum Gasteiger partial charge on any atom is -0.481 e. The van der Waals surface area contributed by atoms with Gasteiger partial charge in [0.1, 0.15) is 0 Å². The molecule has 0 spiro atoms. The van der Waals surface area contributed by atoms with E-state index in [-0.39, 0.29) is 12.1 Å². The summed E-state index contributed by atoms with van der Waals surface area (Å²) >= 11 is 0. The van der Waals surface area contributed by atoms with Gasteiger partial charge in [-0.1, -0.05) is 30.3 Å². The first kappa shape index (κ1) is 14.9. The largest absolute Gasteiger partial charge is 0.481 e. The maximum Gasteiger partial charge on any atom is 0.317 e. The summed E-state index contributed by atoms with van der Waals surface area (Å²) < 4.78 is 0. The van der Waals surface area contributed by atoms with E-state index in [0.29, 0.717) is 25.4 Å². The first-order valence-corrected chi connectivity index (χ1v) is 7.96. The van der Waals surface area contributed by atoms with Crippen molar-refractivity contribution in [2.75, 3.05) is 13.1 Å². The second-order valence-electron chi connectivity index (χ2n) is 6.35. The predicted octanol–water partition coefficient (Wildman–Crippen LogP) is 2.44. The van der Waals surface area contributed by atoms with Gasteiger partial charge in [0.2, 0.25) is 0 Å². The van der Waals surface area contributed by atoms with Gasteiger partial charge in [0.05, 0.1) is 5.92 Å². The number of piperidine rings is 1. The van der Waals surface area contributed by atoms with Crippen molar-refractivity contribution in [3.8, 4) is 0 Å². The van der Waals surface area contributed by atoms with Crippen LogP contribution < -0.4 is 5.32 Å². The fraction of sp³-hybridized carbons (Fsp3) is 0.529. The summed E-state index contributed by atoms with van der Waals surface area (Å²) in [6.07, 6.45) is 3.36. The fourth-order valence-electron chi connectivity index (χ4n) is 3.36. The number of benzene rings is 1. The maximum absolute atomic E-state index is 12.2. The molecule has 1 heterocycles. The van der Waals surface area contributed by atoms with Crippen molar-refractivity contribution < 1.29 is 14.7 Å². The van der Waals surface area contributed by atoms with E-state index in [9.17, 15) is 9.59 Å². The van der Waals surface area contributed by atoms with E-state index in [0.717, 1.165) is 19.3 Å². The molecule has 5 heteroatoms. The molecule has 1 aromatic rings. The summed E-state index contributed by atoms with van der Waals surface area (Å²) in [5, 5.41) is 12.1. The molecule has 5 nitrogen and oxygen atoms in total. The number of hydrogen-bond donors (Lipinski definition) is 2. The van der Waals surface area contributed by atoms with E-state index < -0.39 is 11.9 Å². The Balaban J connectivity index is 1.46. The van der Waals surface area contributed by atoms with Crippen LogP contribution in [0.3, 0.4) is 0 Å². The zero-order chi connectivity index (χ0) is 15.5. The number of urea groups is 1. The number of carbonyl (C=O) groups is 2. The Morgan fingerprint density at radius 2 is 1.91 bits per heavy atom. The zero-order valence-electron chi connectivity index (χ0n) is 12.6. The summed E-state index contributed by atoms with van der Waals surface area (Å²) in [7, 11) is 0. The Morgan fingerprint density at radius 3 is 2.59 bits per heavy atom. The summed E-state index contributed by atoms with van der Waals surface area (Å²) in [5.74, 6) is -0.692. The van der Waals surface area contributed by atoms with Crippen LogP contribution in [0.15, 0.2) is 30.3 Å². The van der Waals surface area contributed by atoms with E-state index in [2.05, 4.69) is 17.4 Å². The number of hydrogen-bond acceptors (Lipinski definition) is 2. The smallest absolute Gasteiger partial charge is 0.317 e. The molecule has 3 rings (SSSR count). The van der Waals surface area contributed by atoms with Crippen molar-refractivity contribution in [3.05, 3.63) is 35.9 Å². The van der Waals surface area contributed by atoms with Crippen LogP contribution in [0.25, 0.3) is 0 Å². The molecule has 2 aliphatic rings. The van der Waals surface area contributed by atoms with Crippen molar-refractivity contribution in [3.63, 3.8) is 0 Å². The Morgan fingerprint density at radius 1 is 1.18 bits per heavy atom. The van der Waals surface area contributed by atoms with Crippen LogP contribution in [-0.2, 0) is 4.79 Å². The van der Waals surface area contributed by atoms with Crippen LogP contribution in [0.5, 0.6) is 0 Å². The van der Waals surface area contributed by atoms with Gasteiger partial charge in [0.15, 0.2) is 0 Å². The lowest BCUT2D eigenvalue weighted by atomic mass is 9.76. The van der Waals surface area contributed by atoms with Crippen LogP contribution in [0.2, 0.25) is 0 Å². The number of rotatable bonds is 3. The standard InChI is InChI=1S/C17H22N2O3/c20-16(21)13-7-4-8-19(11-13)17(22)18-15-9-14(10-15)12-5-2-1-3-6-12/h1-3,5-6,13-15H,4,7-11H2,(H,18,22)(H,20,21). The molecule has 1 atom stereocenters. The topological polar surface area (TPSA) is 69.6 Å². The molecule has 0 aromatic heterocycles. The number of aliphatic carboxylic acids is 1. The van der Waals surface area contributed by atoms with Gasteiger partial charge in [-0.3, -0.25) is 4.79 Å². The summed E-state index contributed by atoms with van der Waals surface area (Å²) in [6, 6.07) is 10.5. The average Bonchev–Trinajstić information content (AvgIpc) is 2.51. The molecule has 1 saturated carbocycles. The van der Waals surface area contributed by atoms with Gasteiger partial charge in [-0.25, -0.2) is 4.79 Å². The third kappa shape index (κ3) is 3.24. The van der Waals surface area contributed by atoms with E-state index in [1.165, 1.54) is 5.56 Å². The first-order chi connectivity index (χ1) is 10.6. The molecule has 1 aliphatic heterocycles. The Hall–Kier alpha value is -2.04. The monoisotopic (exact) mass is 302 g/mol. The molecule has 22 heavy (non-hydrogen) atoms. The highest BCUT2D eigenvalue weighted by Crippen LogP contribution is 2.36. The third-order valence-electron chi connectivity index (χ3n) is 4.79. The summed E-state index contributed by atoms with van der Waals surface area (Å²) in [4.78, 5) is 24.9. The van der Waals surface area contributed by atoms with Gasteiger partial charge >= 0.3 is 12.0 Å².